The highest BCUT2D eigenvalue weighted by atomic mass is 16.5. The third kappa shape index (κ3) is 8.89. The van der Waals surface area contributed by atoms with Crippen molar-refractivity contribution in [3.8, 4) is 5.88 Å². The van der Waals surface area contributed by atoms with Crippen LogP contribution in [0.3, 0.4) is 0 Å². The molecule has 9 nitrogen and oxygen atoms in total. The summed E-state index contributed by atoms with van der Waals surface area (Å²) in [4.78, 5) is 31.6. The van der Waals surface area contributed by atoms with Crippen LogP contribution in [0, 0.1) is 19.4 Å². The summed E-state index contributed by atoms with van der Waals surface area (Å²) in [5.41, 5.74) is 16.0. The van der Waals surface area contributed by atoms with Crippen LogP contribution in [0.1, 0.15) is 67.4 Å². The van der Waals surface area contributed by atoms with Crippen molar-refractivity contribution in [3.63, 3.8) is 0 Å². The lowest BCUT2D eigenvalue weighted by Gasteiger charge is -2.26. The van der Waals surface area contributed by atoms with Gasteiger partial charge in [-0.2, -0.15) is 5.11 Å². The Morgan fingerprint density at radius 2 is 1.96 bits per heavy atom. The quantitative estimate of drug-likeness (QED) is 0.0872. The number of likely N-dealkylation sites (N-methyl/N-ethyl adjacent to an activating group) is 1. The smallest absolute Gasteiger partial charge is 0.330 e. The van der Waals surface area contributed by atoms with Gasteiger partial charge in [-0.1, -0.05) is 49.4 Å². The molecule has 1 aliphatic carbocycles. The maximum Gasteiger partial charge on any atom is 0.330 e. The summed E-state index contributed by atoms with van der Waals surface area (Å²) in [6.07, 6.45) is 11.2. The van der Waals surface area contributed by atoms with E-state index in [9.17, 15) is 9.59 Å². The summed E-state index contributed by atoms with van der Waals surface area (Å²) < 4.78 is 11.0. The van der Waals surface area contributed by atoms with E-state index in [4.69, 9.17) is 15.0 Å². The fraction of sp³-hybridized carbons (Fsp3) is 0.342. The molecule has 4 rings (SSSR count). The Kier molecular flexibility index (Phi) is 12.4. The minimum absolute atomic E-state index is 0. The van der Waals surface area contributed by atoms with E-state index in [1.165, 1.54) is 13.2 Å². The van der Waals surface area contributed by atoms with Crippen molar-refractivity contribution in [1.29, 1.82) is 5.53 Å². The van der Waals surface area contributed by atoms with Crippen LogP contribution >= 0.6 is 0 Å². The number of ether oxygens (including phenoxy) is 2. The molecule has 0 saturated heterocycles. The molecule has 0 aliphatic heterocycles. The van der Waals surface area contributed by atoms with Crippen LogP contribution in [0.4, 0.5) is 11.4 Å². The Morgan fingerprint density at radius 3 is 2.62 bits per heavy atom. The predicted molar refractivity (Wildman–Crippen MR) is 188 cm³/mol. The van der Waals surface area contributed by atoms with Gasteiger partial charge >= 0.3 is 5.97 Å². The second kappa shape index (κ2) is 16.6. The molecule has 0 bridgehead atoms. The average molecular weight is 638 g/mol. The standard InChI is InChI=1S/C38H45N5O4.H2/c1-7-31(47-38-28(13-10-20-41-38)16-19-36(45)46-6)24-43(5)23-30-21-29(15-14-25(30)3)33(22-35(44)27-11-9-12-27)32-17-18-34(40-8-2)37(42-39)26(32)4;/h9-21,31,33,39-40H,7-8,22-24H2,1-6H3;1H/t31-,33?;/m1./s1. The summed E-state index contributed by atoms with van der Waals surface area (Å²) in [7, 11) is 3.41. The van der Waals surface area contributed by atoms with Crippen molar-refractivity contribution in [1.82, 2.24) is 9.88 Å². The molecule has 2 atom stereocenters. The average Bonchev–Trinajstić information content (AvgIpc) is 3.03. The van der Waals surface area contributed by atoms with E-state index in [2.05, 4.69) is 65.5 Å². The van der Waals surface area contributed by atoms with Crippen molar-refractivity contribution in [2.24, 2.45) is 5.11 Å². The van der Waals surface area contributed by atoms with Crippen LogP contribution in [0.15, 0.2) is 83.7 Å². The number of hydrogen-bond donors (Lipinski definition) is 2. The zero-order valence-corrected chi connectivity index (χ0v) is 28.2. The molecular formula is C38H47N5O4. The molecule has 0 radical (unpaired) electrons. The maximum atomic E-state index is 13.3. The minimum atomic E-state index is -0.444. The number of pyridine rings is 1. The van der Waals surface area contributed by atoms with Gasteiger partial charge in [-0.05, 0) is 86.3 Å². The second-order valence-electron chi connectivity index (χ2n) is 11.8. The Morgan fingerprint density at radius 1 is 1.17 bits per heavy atom. The molecular weight excluding hydrogens is 590 g/mol. The molecule has 3 aromatic rings. The zero-order chi connectivity index (χ0) is 33.9. The van der Waals surface area contributed by atoms with E-state index < -0.39 is 5.97 Å². The Labute approximate surface area is 279 Å². The summed E-state index contributed by atoms with van der Waals surface area (Å²) in [6, 6.07) is 14.1. The number of esters is 1. The van der Waals surface area contributed by atoms with Gasteiger partial charge in [0.1, 0.15) is 11.8 Å². The number of ketones is 1. The van der Waals surface area contributed by atoms with Crippen molar-refractivity contribution in [2.45, 2.75) is 59.1 Å². The number of aromatic nitrogens is 1. The Hall–Kier alpha value is -4.89. The molecule has 1 unspecified atom stereocenters. The van der Waals surface area contributed by atoms with Gasteiger partial charge < -0.3 is 14.8 Å². The Balaban J connectivity index is 0.00000625. The van der Waals surface area contributed by atoms with E-state index in [1.807, 2.05) is 44.2 Å². The van der Waals surface area contributed by atoms with Gasteiger partial charge in [0.05, 0.1) is 12.8 Å². The fourth-order valence-electron chi connectivity index (χ4n) is 5.70. The number of nitrogens with one attached hydrogen (secondary N) is 2. The minimum Gasteiger partial charge on any atom is -0.473 e. The van der Waals surface area contributed by atoms with Gasteiger partial charge in [0, 0.05) is 56.8 Å². The lowest BCUT2D eigenvalue weighted by Crippen LogP contribution is -2.33. The molecule has 0 amide bonds. The van der Waals surface area contributed by atoms with Gasteiger partial charge in [0.15, 0.2) is 5.78 Å². The number of benzene rings is 2. The van der Waals surface area contributed by atoms with Gasteiger partial charge in [-0.3, -0.25) is 9.69 Å². The molecule has 0 spiro atoms. The first-order valence-corrected chi connectivity index (χ1v) is 16.0. The van der Waals surface area contributed by atoms with E-state index in [0.29, 0.717) is 36.6 Å². The van der Waals surface area contributed by atoms with E-state index in [0.717, 1.165) is 52.0 Å². The largest absolute Gasteiger partial charge is 0.473 e. The number of rotatable bonds is 17. The second-order valence-corrected chi connectivity index (χ2v) is 11.8. The van der Waals surface area contributed by atoms with E-state index in [1.54, 1.807) is 18.3 Å². The van der Waals surface area contributed by atoms with E-state index in [-0.39, 0.29) is 19.2 Å². The monoisotopic (exact) mass is 637 g/mol. The summed E-state index contributed by atoms with van der Waals surface area (Å²) in [5, 5.41) is 7.16. The SMILES string of the molecule is CCNc1ccc(C(CC(=O)C2=CC=C2)c2ccc(C)c(CN(C)C[C@@H](CC)Oc3ncccc3C=CC(=O)OC)c2)c(C)c1N=N.[HH]. The van der Waals surface area contributed by atoms with Crippen LogP contribution in [0.5, 0.6) is 5.88 Å². The number of methoxy groups -OCH3 is 1. The molecule has 9 heteroatoms. The highest BCUT2D eigenvalue weighted by Gasteiger charge is 2.25. The molecule has 1 aromatic heterocycles. The highest BCUT2D eigenvalue weighted by Crippen LogP contribution is 2.39. The topological polar surface area (TPSA) is 117 Å². The number of hydrogen-bond acceptors (Lipinski definition) is 9. The number of carbonyl (C=O) groups excluding carboxylic acids is 2. The zero-order valence-electron chi connectivity index (χ0n) is 28.2. The lowest BCUT2D eigenvalue weighted by atomic mass is 9.81. The van der Waals surface area contributed by atoms with Crippen molar-refractivity contribution < 1.29 is 20.5 Å². The molecule has 47 heavy (non-hydrogen) atoms. The number of anilines is 1. The summed E-state index contributed by atoms with van der Waals surface area (Å²) in [5.74, 6) is -0.0929. The Bertz CT molecular complexity index is 1700. The number of nitrogens with zero attached hydrogens (tertiary/aromatic N) is 3. The van der Waals surface area contributed by atoms with Gasteiger partial charge in [0.2, 0.25) is 5.88 Å². The molecule has 1 aliphatic rings. The lowest BCUT2D eigenvalue weighted by molar-refractivity contribution is -0.134. The third-order valence-electron chi connectivity index (χ3n) is 8.46. The van der Waals surface area contributed by atoms with Crippen molar-refractivity contribution in [3.05, 3.63) is 112 Å². The number of allylic oxidation sites excluding steroid dienone is 4. The first kappa shape index (κ1) is 35.0. The van der Waals surface area contributed by atoms with Crippen molar-refractivity contribution in [2.75, 3.05) is 32.6 Å². The molecule has 2 aromatic carbocycles. The normalized spacial score (nSPS) is 13.6. The van der Waals surface area contributed by atoms with Crippen molar-refractivity contribution >= 4 is 29.2 Å². The molecule has 248 valence electrons. The first-order valence-electron chi connectivity index (χ1n) is 16.0. The van der Waals surface area contributed by atoms with Crippen LogP contribution in [-0.4, -0.2) is 55.0 Å². The number of aryl methyl sites for hydroxylation is 1. The van der Waals surface area contributed by atoms with Crippen LogP contribution in [0.25, 0.3) is 6.08 Å². The highest BCUT2D eigenvalue weighted by molar-refractivity contribution is 6.00. The number of carbonyl (C=O) groups is 2. The molecule has 0 fully saturated rings. The predicted octanol–water partition coefficient (Wildman–Crippen LogP) is 8.10. The van der Waals surface area contributed by atoms with Gasteiger partial charge in [-0.25, -0.2) is 15.3 Å². The van der Waals surface area contributed by atoms with Crippen LogP contribution in [0.2, 0.25) is 0 Å². The van der Waals surface area contributed by atoms with Gasteiger partial charge in [-0.15, -0.1) is 0 Å². The van der Waals surface area contributed by atoms with E-state index >= 15 is 0 Å². The van der Waals surface area contributed by atoms with Crippen LogP contribution in [-0.2, 0) is 20.9 Å². The third-order valence-corrected chi connectivity index (χ3v) is 8.46. The summed E-state index contributed by atoms with van der Waals surface area (Å²) >= 11 is 0. The van der Waals surface area contributed by atoms with Crippen LogP contribution < -0.4 is 10.1 Å². The molecule has 2 N–H and O–H groups in total. The first-order chi connectivity index (χ1) is 22.7. The number of Topliss-reactive ketones (excluding diaryl/α,β-unsaturated/α-hetero) is 1. The van der Waals surface area contributed by atoms with Gasteiger partial charge in [0.25, 0.3) is 0 Å². The maximum absolute atomic E-state index is 13.3. The molecule has 1 heterocycles. The fourth-order valence-corrected chi connectivity index (χ4v) is 5.70. The molecule has 0 saturated carbocycles. The summed E-state index contributed by atoms with van der Waals surface area (Å²) in [6.45, 7) is 10.2.